The minimum atomic E-state index is -1.35. The van der Waals surface area contributed by atoms with Crippen molar-refractivity contribution in [3.05, 3.63) is 89.2 Å². The number of rotatable bonds is 9. The number of halogens is 1. The number of nitrogens with zero attached hydrogens (tertiary/aromatic N) is 2. The lowest BCUT2D eigenvalue weighted by Gasteiger charge is -2.39. The van der Waals surface area contributed by atoms with Gasteiger partial charge in [-0.2, -0.15) is 0 Å². The van der Waals surface area contributed by atoms with Crippen molar-refractivity contribution in [2.45, 2.75) is 25.2 Å². The molecule has 0 aromatic heterocycles. The van der Waals surface area contributed by atoms with E-state index < -0.39 is 6.29 Å². The summed E-state index contributed by atoms with van der Waals surface area (Å²) in [6.45, 7) is 1.98. The van der Waals surface area contributed by atoms with Gasteiger partial charge < -0.3 is 25.0 Å². The van der Waals surface area contributed by atoms with Crippen LogP contribution < -0.4 is 9.64 Å². The molecule has 1 unspecified atom stereocenters. The zero-order valence-corrected chi connectivity index (χ0v) is 19.3. The maximum absolute atomic E-state index is 13.5. The van der Waals surface area contributed by atoms with Crippen LogP contribution in [0.15, 0.2) is 66.7 Å². The highest BCUT2D eigenvalue weighted by Crippen LogP contribution is 2.37. The molecule has 34 heavy (non-hydrogen) atoms. The van der Waals surface area contributed by atoms with E-state index in [0.717, 1.165) is 42.0 Å². The Kier molecular flexibility index (Phi) is 7.67. The Morgan fingerprint density at radius 2 is 1.79 bits per heavy atom. The van der Waals surface area contributed by atoms with E-state index in [2.05, 4.69) is 4.90 Å². The predicted octanol–water partition coefficient (Wildman–Crippen LogP) is 3.50. The number of ether oxygens (including phenoxy) is 1. The molecule has 0 saturated carbocycles. The first kappa shape index (κ1) is 24.0. The van der Waals surface area contributed by atoms with Crippen LogP contribution >= 0.6 is 0 Å². The highest BCUT2D eigenvalue weighted by Gasteiger charge is 2.28. The summed E-state index contributed by atoms with van der Waals surface area (Å²) in [5.74, 6) is 0.774. The van der Waals surface area contributed by atoms with Crippen molar-refractivity contribution < 1.29 is 24.4 Å². The summed E-state index contributed by atoms with van der Waals surface area (Å²) in [7, 11) is 1.81. The molecule has 0 amide bonds. The van der Waals surface area contributed by atoms with Crippen molar-refractivity contribution in [1.82, 2.24) is 4.90 Å². The van der Waals surface area contributed by atoms with Crippen LogP contribution in [0.5, 0.6) is 11.5 Å². The smallest absolute Gasteiger partial charge is 0.164 e. The molecule has 7 heteroatoms. The first-order valence-corrected chi connectivity index (χ1v) is 11.5. The molecule has 0 bridgehead atoms. The molecule has 180 valence electrons. The largest absolute Gasteiger partial charge is 0.508 e. The molecule has 1 aliphatic heterocycles. The average Bonchev–Trinajstić information content (AvgIpc) is 2.80. The second kappa shape index (κ2) is 10.9. The molecule has 1 heterocycles. The van der Waals surface area contributed by atoms with Gasteiger partial charge in [0.05, 0.1) is 6.04 Å². The van der Waals surface area contributed by atoms with E-state index in [0.29, 0.717) is 13.2 Å². The number of anilines is 1. The lowest BCUT2D eigenvalue weighted by molar-refractivity contribution is -0.0582. The van der Waals surface area contributed by atoms with Gasteiger partial charge in [-0.1, -0.05) is 18.2 Å². The molecule has 0 spiro atoms. The fourth-order valence-corrected chi connectivity index (χ4v) is 4.49. The zero-order valence-electron chi connectivity index (χ0n) is 19.3. The van der Waals surface area contributed by atoms with Crippen molar-refractivity contribution >= 4 is 5.69 Å². The van der Waals surface area contributed by atoms with Crippen molar-refractivity contribution in [2.75, 3.05) is 38.2 Å². The van der Waals surface area contributed by atoms with Crippen LogP contribution in [0, 0.1) is 5.82 Å². The summed E-state index contributed by atoms with van der Waals surface area (Å²) in [6.07, 6.45) is 0.214. The Hall–Kier alpha value is -3.13. The summed E-state index contributed by atoms with van der Waals surface area (Å²) >= 11 is 0. The second-order valence-electron chi connectivity index (χ2n) is 8.76. The molecular weight excluding hydrogens is 435 g/mol. The van der Waals surface area contributed by atoms with Gasteiger partial charge in [-0.15, -0.1) is 0 Å². The van der Waals surface area contributed by atoms with E-state index in [9.17, 15) is 9.50 Å². The topological polar surface area (TPSA) is 76.4 Å². The summed E-state index contributed by atoms with van der Waals surface area (Å²) < 4.78 is 19.3. The van der Waals surface area contributed by atoms with Crippen molar-refractivity contribution in [2.24, 2.45) is 0 Å². The molecule has 0 radical (unpaired) electrons. The Bertz CT molecular complexity index is 1070. The van der Waals surface area contributed by atoms with Gasteiger partial charge >= 0.3 is 0 Å². The van der Waals surface area contributed by atoms with Crippen LogP contribution in [-0.4, -0.2) is 59.8 Å². The van der Waals surface area contributed by atoms with Gasteiger partial charge in [-0.3, -0.25) is 4.90 Å². The fraction of sp³-hybridized carbons (Fsp3) is 0.333. The molecule has 1 atom stereocenters. The van der Waals surface area contributed by atoms with Gasteiger partial charge in [-0.25, -0.2) is 4.39 Å². The Balaban J connectivity index is 1.48. The Labute approximate surface area is 199 Å². The van der Waals surface area contributed by atoms with E-state index >= 15 is 0 Å². The minimum Gasteiger partial charge on any atom is -0.508 e. The number of aliphatic hydroxyl groups excluding tert-OH is 1. The van der Waals surface area contributed by atoms with Gasteiger partial charge in [0, 0.05) is 25.3 Å². The number of hydrogen-bond donors (Lipinski definition) is 3. The second-order valence-corrected chi connectivity index (χ2v) is 8.76. The van der Waals surface area contributed by atoms with Crippen LogP contribution in [-0.2, 0) is 12.8 Å². The number of phenols is 1. The molecular formula is C27H31FN2O4. The molecule has 3 N–H and O–H groups in total. The predicted molar refractivity (Wildman–Crippen MR) is 130 cm³/mol. The number of benzene rings is 3. The number of phenolic OH excluding ortho intramolecular Hbond substituents is 1. The van der Waals surface area contributed by atoms with Crippen molar-refractivity contribution in [3.63, 3.8) is 0 Å². The molecule has 1 aliphatic rings. The van der Waals surface area contributed by atoms with Crippen molar-refractivity contribution in [3.8, 4) is 11.5 Å². The third kappa shape index (κ3) is 6.05. The maximum atomic E-state index is 13.5. The van der Waals surface area contributed by atoms with Gasteiger partial charge in [0.25, 0.3) is 0 Å². The molecule has 0 saturated heterocycles. The van der Waals surface area contributed by atoms with E-state index in [1.54, 1.807) is 18.0 Å². The van der Waals surface area contributed by atoms with Crippen LogP contribution in [0.4, 0.5) is 10.1 Å². The maximum Gasteiger partial charge on any atom is 0.164 e. The zero-order chi connectivity index (χ0) is 24.1. The molecule has 3 aromatic carbocycles. The van der Waals surface area contributed by atoms with Crippen LogP contribution in [0.1, 0.15) is 22.7 Å². The van der Waals surface area contributed by atoms with E-state index in [1.165, 1.54) is 17.7 Å². The van der Waals surface area contributed by atoms with E-state index in [4.69, 9.17) is 14.9 Å². The van der Waals surface area contributed by atoms with Crippen LogP contribution in [0.25, 0.3) is 0 Å². The molecule has 0 aliphatic carbocycles. The molecule has 4 rings (SSSR count). The molecule has 0 fully saturated rings. The highest BCUT2D eigenvalue weighted by molar-refractivity contribution is 5.53. The summed E-state index contributed by atoms with van der Waals surface area (Å²) in [5.41, 5.74) is 4.43. The first-order chi connectivity index (χ1) is 16.4. The van der Waals surface area contributed by atoms with Gasteiger partial charge in [0.1, 0.15) is 23.9 Å². The third-order valence-electron chi connectivity index (χ3n) is 6.21. The Morgan fingerprint density at radius 3 is 2.50 bits per heavy atom. The van der Waals surface area contributed by atoms with E-state index in [-0.39, 0.29) is 24.2 Å². The van der Waals surface area contributed by atoms with Crippen LogP contribution in [0.3, 0.4) is 0 Å². The standard InChI is InChI=1S/C27H31FN2O4/c1-29(18-27(32)33)14-15-34-24-9-2-19(3-10-24)16-26-25-11-8-23(31)17-20(25)12-13-30(26)22-6-4-21(28)5-7-22/h2-11,17,26-27,31-33H,12-16,18H2,1H3. The molecule has 6 nitrogen and oxygen atoms in total. The number of aliphatic hydroxyl groups is 2. The summed E-state index contributed by atoms with van der Waals surface area (Å²) in [4.78, 5) is 4.09. The quantitative estimate of drug-likeness (QED) is 0.419. The Morgan fingerprint density at radius 1 is 1.06 bits per heavy atom. The summed E-state index contributed by atoms with van der Waals surface area (Å²) in [6, 6.07) is 20.2. The number of likely N-dealkylation sites (N-methyl/N-ethyl adjacent to an activating group) is 1. The van der Waals surface area contributed by atoms with Crippen LogP contribution in [0.2, 0.25) is 0 Å². The van der Waals surface area contributed by atoms with Gasteiger partial charge in [-0.05, 0) is 85.1 Å². The number of hydrogen-bond acceptors (Lipinski definition) is 6. The normalized spacial score (nSPS) is 15.6. The fourth-order valence-electron chi connectivity index (χ4n) is 4.49. The third-order valence-corrected chi connectivity index (χ3v) is 6.21. The average molecular weight is 467 g/mol. The first-order valence-electron chi connectivity index (χ1n) is 11.5. The van der Waals surface area contributed by atoms with Crippen molar-refractivity contribution in [1.29, 1.82) is 0 Å². The van der Waals surface area contributed by atoms with Gasteiger partial charge in [0.2, 0.25) is 0 Å². The minimum absolute atomic E-state index is 0.0557. The number of aromatic hydroxyl groups is 1. The van der Waals surface area contributed by atoms with E-state index in [1.807, 2.05) is 48.5 Å². The lowest BCUT2D eigenvalue weighted by Crippen LogP contribution is -2.36. The SMILES string of the molecule is CN(CCOc1ccc(CC2c3ccc(O)cc3CCN2c2ccc(F)cc2)cc1)CC(O)O. The summed E-state index contributed by atoms with van der Waals surface area (Å²) in [5, 5.41) is 28.0. The molecule has 3 aromatic rings. The number of fused-ring (bicyclic) bond motifs is 1. The lowest BCUT2D eigenvalue weighted by atomic mass is 9.88. The van der Waals surface area contributed by atoms with Gasteiger partial charge in [0.15, 0.2) is 6.29 Å². The highest BCUT2D eigenvalue weighted by atomic mass is 19.1. The monoisotopic (exact) mass is 466 g/mol.